The first kappa shape index (κ1) is 16.9. The lowest BCUT2D eigenvalue weighted by molar-refractivity contribution is -0.128. The number of amides is 1. The van der Waals surface area contributed by atoms with E-state index in [0.29, 0.717) is 29.0 Å². The molecule has 1 aliphatic rings. The molecule has 0 aromatic carbocycles. The van der Waals surface area contributed by atoms with Crippen molar-refractivity contribution in [1.82, 2.24) is 25.0 Å². The molecule has 3 aromatic rings. The lowest BCUT2D eigenvalue weighted by atomic mass is 10.3. The molecule has 3 aromatic heterocycles. The second kappa shape index (κ2) is 7.79. The Bertz CT molecular complexity index is 838. The van der Waals surface area contributed by atoms with Crippen LogP contribution in [0.1, 0.15) is 5.76 Å². The van der Waals surface area contributed by atoms with Gasteiger partial charge in [0.1, 0.15) is 5.76 Å². The molecule has 0 bridgehead atoms. The van der Waals surface area contributed by atoms with Crippen LogP contribution in [0.5, 0.6) is 0 Å². The predicted octanol–water partition coefficient (Wildman–Crippen LogP) is 1.70. The second-order valence-electron chi connectivity index (χ2n) is 5.87. The molecule has 1 saturated heterocycles. The minimum Gasteiger partial charge on any atom is -0.467 e. The average Bonchev–Trinajstić information content (AvgIpc) is 3.43. The number of rotatable bonds is 6. The Kier molecular flexibility index (Phi) is 5.07. The zero-order valence-electron chi connectivity index (χ0n) is 14.1. The van der Waals surface area contributed by atoms with Crippen LogP contribution in [0.15, 0.2) is 50.8 Å². The molecule has 0 aliphatic carbocycles. The molecule has 0 saturated carbocycles. The maximum Gasteiger partial charge on any atom is 0.233 e. The van der Waals surface area contributed by atoms with Crippen LogP contribution in [0.3, 0.4) is 0 Å². The maximum atomic E-state index is 12.4. The molecule has 0 radical (unpaired) electrons. The summed E-state index contributed by atoms with van der Waals surface area (Å²) in [4.78, 5) is 14.3. The van der Waals surface area contributed by atoms with Gasteiger partial charge >= 0.3 is 0 Å². The molecular weight excluding hydrogens is 354 g/mol. The summed E-state index contributed by atoms with van der Waals surface area (Å²) in [5.41, 5.74) is 0. The first-order valence-corrected chi connectivity index (χ1v) is 9.40. The number of carbonyl (C=O) groups is 1. The molecule has 9 heteroatoms. The van der Waals surface area contributed by atoms with Crippen molar-refractivity contribution in [3.63, 3.8) is 0 Å². The van der Waals surface area contributed by atoms with E-state index in [2.05, 4.69) is 15.5 Å². The van der Waals surface area contributed by atoms with Crippen LogP contribution in [-0.2, 0) is 11.3 Å². The Hall–Kier alpha value is -2.52. The van der Waals surface area contributed by atoms with Gasteiger partial charge in [-0.2, -0.15) is 0 Å². The Morgan fingerprint density at radius 2 is 1.96 bits per heavy atom. The zero-order valence-corrected chi connectivity index (χ0v) is 14.9. The van der Waals surface area contributed by atoms with Crippen molar-refractivity contribution in [2.75, 3.05) is 31.9 Å². The van der Waals surface area contributed by atoms with Crippen molar-refractivity contribution in [3.8, 4) is 11.6 Å². The van der Waals surface area contributed by atoms with Gasteiger partial charge in [-0.05, 0) is 24.3 Å². The van der Waals surface area contributed by atoms with Gasteiger partial charge in [-0.3, -0.25) is 9.36 Å². The molecule has 1 N–H and O–H groups in total. The first-order chi connectivity index (χ1) is 12.8. The molecule has 0 atom stereocenters. The number of furan rings is 2. The minimum absolute atomic E-state index is 0.114. The summed E-state index contributed by atoms with van der Waals surface area (Å²) in [7, 11) is 0. The van der Waals surface area contributed by atoms with E-state index >= 15 is 0 Å². The van der Waals surface area contributed by atoms with Gasteiger partial charge in [-0.1, -0.05) is 11.8 Å². The number of nitrogens with one attached hydrogen (secondary N) is 1. The molecule has 8 nitrogen and oxygen atoms in total. The summed E-state index contributed by atoms with van der Waals surface area (Å²) in [6.07, 6.45) is 3.23. The van der Waals surface area contributed by atoms with Gasteiger partial charge in [-0.15, -0.1) is 10.2 Å². The Labute approximate surface area is 154 Å². The van der Waals surface area contributed by atoms with E-state index in [-0.39, 0.29) is 5.91 Å². The number of nitrogens with zero attached hydrogens (tertiary/aromatic N) is 4. The lowest BCUT2D eigenvalue weighted by Gasteiger charge is -2.27. The number of aromatic nitrogens is 3. The molecular formula is C17H19N5O3S. The summed E-state index contributed by atoms with van der Waals surface area (Å²) < 4.78 is 12.8. The van der Waals surface area contributed by atoms with Gasteiger partial charge < -0.3 is 19.1 Å². The van der Waals surface area contributed by atoms with Gasteiger partial charge in [0, 0.05) is 26.2 Å². The van der Waals surface area contributed by atoms with Gasteiger partial charge in [0.15, 0.2) is 10.9 Å². The summed E-state index contributed by atoms with van der Waals surface area (Å²) in [5.74, 6) is 2.47. The van der Waals surface area contributed by atoms with E-state index in [1.165, 1.54) is 11.8 Å². The highest BCUT2D eigenvalue weighted by Gasteiger charge is 2.21. The SMILES string of the molecule is O=C(CSc1nnc(-c2ccco2)n1Cc1ccco1)N1CCNCC1. The summed E-state index contributed by atoms with van der Waals surface area (Å²) >= 11 is 1.38. The number of thioether (sulfide) groups is 1. The highest BCUT2D eigenvalue weighted by Crippen LogP contribution is 2.25. The van der Waals surface area contributed by atoms with E-state index in [1.54, 1.807) is 12.5 Å². The second-order valence-corrected chi connectivity index (χ2v) is 6.81. The van der Waals surface area contributed by atoms with Crippen molar-refractivity contribution in [3.05, 3.63) is 42.6 Å². The Morgan fingerprint density at radius 3 is 2.69 bits per heavy atom. The van der Waals surface area contributed by atoms with Crippen LogP contribution >= 0.6 is 11.8 Å². The van der Waals surface area contributed by atoms with Crippen molar-refractivity contribution >= 4 is 17.7 Å². The monoisotopic (exact) mass is 373 g/mol. The predicted molar refractivity (Wildman–Crippen MR) is 95.7 cm³/mol. The van der Waals surface area contributed by atoms with Crippen LogP contribution in [0.4, 0.5) is 0 Å². The van der Waals surface area contributed by atoms with Crippen LogP contribution < -0.4 is 5.32 Å². The molecule has 4 heterocycles. The van der Waals surface area contributed by atoms with E-state index in [4.69, 9.17) is 8.83 Å². The van der Waals surface area contributed by atoms with Gasteiger partial charge in [-0.25, -0.2) is 0 Å². The highest BCUT2D eigenvalue weighted by atomic mass is 32.2. The molecule has 1 aliphatic heterocycles. The first-order valence-electron chi connectivity index (χ1n) is 8.42. The van der Waals surface area contributed by atoms with Crippen LogP contribution in [0.25, 0.3) is 11.6 Å². The lowest BCUT2D eigenvalue weighted by Crippen LogP contribution is -2.47. The summed E-state index contributed by atoms with van der Waals surface area (Å²) in [5, 5.41) is 12.4. The fourth-order valence-corrected chi connectivity index (χ4v) is 3.66. The number of piperazine rings is 1. The van der Waals surface area contributed by atoms with E-state index in [1.807, 2.05) is 33.7 Å². The molecule has 26 heavy (non-hydrogen) atoms. The minimum atomic E-state index is 0.114. The van der Waals surface area contributed by atoms with E-state index in [0.717, 1.165) is 31.9 Å². The highest BCUT2D eigenvalue weighted by molar-refractivity contribution is 7.99. The standard InChI is InChI=1S/C17H19N5O3S/c23-15(21-7-5-18-6-8-21)12-26-17-20-19-16(14-4-2-10-25-14)22(17)11-13-3-1-9-24-13/h1-4,9-10,18H,5-8,11-12H2. The van der Waals surface area contributed by atoms with Gasteiger partial charge in [0.05, 0.1) is 24.8 Å². The maximum absolute atomic E-state index is 12.4. The third-order valence-corrected chi connectivity index (χ3v) is 5.10. The van der Waals surface area contributed by atoms with Crippen LogP contribution in [-0.4, -0.2) is 57.5 Å². The summed E-state index contributed by atoms with van der Waals surface area (Å²) in [6.45, 7) is 3.65. The quantitative estimate of drug-likeness (QED) is 0.658. The van der Waals surface area contributed by atoms with Crippen molar-refractivity contribution in [2.45, 2.75) is 11.7 Å². The fourth-order valence-electron chi connectivity index (χ4n) is 2.82. The molecule has 4 rings (SSSR count). The molecule has 0 unspecified atom stereocenters. The fraction of sp³-hybridized carbons (Fsp3) is 0.353. The van der Waals surface area contributed by atoms with Crippen molar-refractivity contribution in [1.29, 1.82) is 0 Å². The normalized spacial score (nSPS) is 14.7. The van der Waals surface area contributed by atoms with Gasteiger partial charge in [0.2, 0.25) is 11.7 Å². The topological polar surface area (TPSA) is 89.3 Å². The summed E-state index contributed by atoms with van der Waals surface area (Å²) in [6, 6.07) is 7.38. The van der Waals surface area contributed by atoms with Crippen LogP contribution in [0.2, 0.25) is 0 Å². The smallest absolute Gasteiger partial charge is 0.233 e. The zero-order chi connectivity index (χ0) is 17.8. The van der Waals surface area contributed by atoms with Gasteiger partial charge in [0.25, 0.3) is 0 Å². The van der Waals surface area contributed by atoms with Crippen molar-refractivity contribution in [2.24, 2.45) is 0 Å². The number of carbonyl (C=O) groups excluding carboxylic acids is 1. The van der Waals surface area contributed by atoms with E-state index in [9.17, 15) is 4.79 Å². The van der Waals surface area contributed by atoms with Crippen LogP contribution in [0, 0.1) is 0 Å². The van der Waals surface area contributed by atoms with Crippen molar-refractivity contribution < 1.29 is 13.6 Å². The Balaban J connectivity index is 1.52. The third-order valence-electron chi connectivity index (χ3n) is 4.15. The molecule has 0 spiro atoms. The third kappa shape index (κ3) is 3.68. The molecule has 1 fully saturated rings. The number of hydrogen-bond acceptors (Lipinski definition) is 7. The molecule has 136 valence electrons. The number of hydrogen-bond donors (Lipinski definition) is 1. The average molecular weight is 373 g/mol. The Morgan fingerprint density at radius 1 is 1.15 bits per heavy atom. The largest absolute Gasteiger partial charge is 0.467 e. The van der Waals surface area contributed by atoms with E-state index < -0.39 is 0 Å². The molecule has 1 amide bonds.